The first-order valence-corrected chi connectivity index (χ1v) is 27.0. The molecule has 0 aromatic heterocycles. The second-order valence-corrected chi connectivity index (χ2v) is 26.3. The monoisotopic (exact) mass is 904 g/mol. The van der Waals surface area contributed by atoms with Crippen molar-refractivity contribution in [1.29, 1.82) is 0 Å². The zero-order valence-corrected chi connectivity index (χ0v) is 30.0. The first-order valence-electron chi connectivity index (χ1n) is 8.99. The molecular formula is C5H31NaO30P10. The van der Waals surface area contributed by atoms with E-state index >= 15 is 0 Å². The van der Waals surface area contributed by atoms with Gasteiger partial charge in [-0.3, -0.25) is 45.7 Å². The predicted octanol–water partition coefficient (Wildman–Crippen LogP) is -4.15. The van der Waals surface area contributed by atoms with E-state index in [4.69, 9.17) is 97.9 Å². The van der Waals surface area contributed by atoms with Crippen LogP contribution in [0.15, 0.2) is 0 Å². The Morgan fingerprint density at radius 3 is 0.239 bits per heavy atom. The van der Waals surface area contributed by atoms with Crippen LogP contribution in [-0.4, -0.2) is 157 Å². The van der Waals surface area contributed by atoms with Gasteiger partial charge in [-0.1, -0.05) is 0 Å². The zero-order chi connectivity index (χ0) is 38.5. The van der Waals surface area contributed by atoms with E-state index in [-0.39, 0.29) is 29.6 Å². The van der Waals surface area contributed by atoms with Gasteiger partial charge in [0, 0.05) is 0 Å². The van der Waals surface area contributed by atoms with Crippen LogP contribution in [0.3, 0.4) is 0 Å². The average molecular weight is 904 g/mol. The van der Waals surface area contributed by atoms with Gasteiger partial charge in [-0.25, -0.2) is 0 Å². The van der Waals surface area contributed by atoms with Crippen LogP contribution in [0.25, 0.3) is 0 Å². The van der Waals surface area contributed by atoms with Gasteiger partial charge in [0.15, 0.2) is 29.5 Å². The Labute approximate surface area is 277 Å². The molecule has 0 amide bonds. The predicted molar refractivity (Wildman–Crippen MR) is 152 cm³/mol. The van der Waals surface area contributed by atoms with Gasteiger partial charge in [0.1, 0.15) is 0 Å². The molecule has 0 spiro atoms. The fraction of sp³-hybridized carbons (Fsp3) is 1.00. The van der Waals surface area contributed by atoms with Gasteiger partial charge >= 0.3 is 106 Å². The van der Waals surface area contributed by atoms with Crippen molar-refractivity contribution in [2.45, 2.75) is 0 Å². The molecule has 0 aromatic carbocycles. The van der Waals surface area contributed by atoms with E-state index < -0.39 is 105 Å². The normalized spacial score (nSPS) is 13.5. The van der Waals surface area contributed by atoms with Gasteiger partial charge < -0.3 is 97.9 Å². The van der Waals surface area contributed by atoms with Crippen LogP contribution in [0.4, 0.5) is 0 Å². The summed E-state index contributed by atoms with van der Waals surface area (Å²) >= 11 is 0. The van der Waals surface area contributed by atoms with E-state index in [1.54, 1.807) is 0 Å². The molecule has 41 heteroatoms. The quantitative estimate of drug-likeness (QED) is 0.0731. The molecule has 0 bridgehead atoms. The third-order valence-corrected chi connectivity index (χ3v) is 16.6. The molecular weight excluding hydrogens is 873 g/mol. The fourth-order valence-electron chi connectivity index (χ4n) is 1.20. The Kier molecular flexibility index (Phi) is 29.7. The summed E-state index contributed by atoms with van der Waals surface area (Å²) < 4.78 is 98.5. The van der Waals surface area contributed by atoms with Gasteiger partial charge in [-0.15, -0.1) is 0 Å². The summed E-state index contributed by atoms with van der Waals surface area (Å²) in [6.07, 6.45) is 0. The van der Waals surface area contributed by atoms with Crippen LogP contribution in [0, 0.1) is 0 Å². The Bertz CT molecular complexity index is 1010. The maximum atomic E-state index is 9.85. The van der Waals surface area contributed by atoms with E-state index in [1.165, 1.54) is 0 Å². The van der Waals surface area contributed by atoms with E-state index in [0.29, 0.717) is 0 Å². The molecule has 46 heavy (non-hydrogen) atoms. The SMILES string of the molecule is O=P(O)(O)CP(=O)(O)O.O=P(O)(O)CP(=O)(O)O.O=P(O)(O)CP(=O)(O)O.O=P(O)(O)CP(=O)(O)O.O=P(O)(O)CP(=O)(O)O.[NaH]. The fourth-order valence-corrected chi connectivity index (χ4v) is 10.8. The molecule has 282 valence electrons. The second-order valence-electron chi connectivity index (χ2n) is 7.35. The summed E-state index contributed by atoms with van der Waals surface area (Å²) in [6.45, 7) is 0. The Morgan fingerprint density at radius 2 is 0.239 bits per heavy atom. The van der Waals surface area contributed by atoms with Crippen LogP contribution >= 0.6 is 76.0 Å². The van der Waals surface area contributed by atoms with E-state index in [0.717, 1.165) is 0 Å². The molecule has 0 aliphatic heterocycles. The Morgan fingerprint density at radius 1 is 0.196 bits per heavy atom. The van der Waals surface area contributed by atoms with Gasteiger partial charge in [-0.05, 0) is 0 Å². The van der Waals surface area contributed by atoms with E-state index in [2.05, 4.69) is 0 Å². The molecule has 0 atom stereocenters. The van der Waals surface area contributed by atoms with Crippen LogP contribution < -0.4 is 0 Å². The van der Waals surface area contributed by atoms with Gasteiger partial charge in [0.05, 0.1) is 0 Å². The summed E-state index contributed by atoms with van der Waals surface area (Å²) in [5.74, 6) is -6.88. The first kappa shape index (κ1) is 60.6. The first-order chi connectivity index (χ1) is 18.5. The Balaban J connectivity index is -0.000000108. The maximum absolute atomic E-state index is 9.85. The van der Waals surface area contributed by atoms with Gasteiger partial charge in [-0.2, -0.15) is 0 Å². The van der Waals surface area contributed by atoms with Crippen molar-refractivity contribution in [2.75, 3.05) is 29.5 Å². The van der Waals surface area contributed by atoms with Crippen LogP contribution in [0.1, 0.15) is 0 Å². The topological polar surface area (TPSA) is 575 Å². The molecule has 0 radical (unpaired) electrons. The van der Waals surface area contributed by atoms with Crippen molar-refractivity contribution < 1.29 is 144 Å². The molecule has 0 heterocycles. The summed E-state index contributed by atoms with van der Waals surface area (Å²) in [6, 6.07) is 0. The summed E-state index contributed by atoms with van der Waals surface area (Å²) in [5, 5.41) is 0. The molecule has 0 aliphatic carbocycles. The summed E-state index contributed by atoms with van der Waals surface area (Å²) in [5.41, 5.74) is 0. The summed E-state index contributed by atoms with van der Waals surface area (Å²) in [4.78, 5) is 159. The molecule has 0 saturated carbocycles. The second kappa shape index (κ2) is 22.5. The number of hydrogen-bond donors (Lipinski definition) is 20. The molecule has 0 aromatic rings. The third kappa shape index (κ3) is 91.1. The van der Waals surface area contributed by atoms with Crippen LogP contribution in [0.2, 0.25) is 0 Å². The van der Waals surface area contributed by atoms with Crippen molar-refractivity contribution in [2.24, 2.45) is 0 Å². The Hall–Kier alpha value is 2.50. The molecule has 0 unspecified atom stereocenters. The molecule has 0 saturated heterocycles. The minimum atomic E-state index is -4.55. The van der Waals surface area contributed by atoms with Crippen molar-refractivity contribution in [3.63, 3.8) is 0 Å². The zero-order valence-electron chi connectivity index (χ0n) is 21.0. The molecule has 0 fully saturated rings. The average Bonchev–Trinajstić information content (AvgIpc) is 2.36. The number of rotatable bonds is 10. The van der Waals surface area contributed by atoms with E-state index in [1.807, 2.05) is 0 Å². The third-order valence-electron chi connectivity index (χ3n) is 1.84. The molecule has 0 aliphatic rings. The minimum absolute atomic E-state index is 0. The molecule has 30 nitrogen and oxygen atoms in total. The van der Waals surface area contributed by atoms with Crippen molar-refractivity contribution in [3.05, 3.63) is 0 Å². The van der Waals surface area contributed by atoms with Crippen LogP contribution in [0.5, 0.6) is 0 Å². The standard InChI is InChI=1S/5CH6O6P2.Na.H/c5*2-8(3,4)1-9(5,6)7;;/h5*1H2,(H2,2,3,4)(H2,5,6,7);;. The summed E-state index contributed by atoms with van der Waals surface area (Å²) in [7, 11) is -45.5. The van der Waals surface area contributed by atoms with Gasteiger partial charge in [0.25, 0.3) is 0 Å². The molecule has 20 N–H and O–H groups in total. The van der Waals surface area contributed by atoms with Crippen molar-refractivity contribution >= 4 is 106 Å². The van der Waals surface area contributed by atoms with Crippen molar-refractivity contribution in [3.8, 4) is 0 Å². The van der Waals surface area contributed by atoms with E-state index in [9.17, 15) is 45.7 Å². The molecule has 0 rings (SSSR count). The van der Waals surface area contributed by atoms with Gasteiger partial charge in [0.2, 0.25) is 0 Å². The number of hydrogen-bond acceptors (Lipinski definition) is 10. The van der Waals surface area contributed by atoms with Crippen molar-refractivity contribution in [1.82, 2.24) is 0 Å². The van der Waals surface area contributed by atoms with Crippen LogP contribution in [-0.2, 0) is 45.7 Å².